The van der Waals surface area contributed by atoms with Gasteiger partial charge in [-0.2, -0.15) is 0 Å². The average molecular weight is 569 g/mol. The number of Topliss-reactive ketones (excluding diaryl/α,β-unsaturated/α-hetero) is 1. The second-order valence-corrected chi connectivity index (χ2v) is 11.2. The summed E-state index contributed by atoms with van der Waals surface area (Å²) in [6, 6.07) is -2.77. The summed E-state index contributed by atoms with van der Waals surface area (Å²) < 4.78 is 0. The molecule has 0 aromatic rings. The Bertz CT molecular complexity index is 1140. The molecule has 3 N–H and O–H groups in total. The standard InChI is InChI=1S/C29H40N6O6/c1-4-5-10-20(23(37)19-36)32-27(40)22-11-9-15-35(22)24(38)17-31-28(41)25(29(2)12-7-6-8-13-29)33-26(39)21-18-34(3)16-14-30-21/h1,14,16,19-20,22,25H,5-13,15,17-18H2,2-3H3,(H,31,41)(H,32,40)(H,33,39). The van der Waals surface area contributed by atoms with Crippen LogP contribution in [-0.2, 0) is 28.8 Å². The summed E-state index contributed by atoms with van der Waals surface area (Å²) in [6.45, 7) is 2.24. The summed E-state index contributed by atoms with van der Waals surface area (Å²) >= 11 is 0. The molecular weight excluding hydrogens is 528 g/mol. The van der Waals surface area contributed by atoms with Gasteiger partial charge in [0.1, 0.15) is 17.8 Å². The minimum atomic E-state index is -1.06. The smallest absolute Gasteiger partial charge is 0.268 e. The molecule has 3 unspecified atom stereocenters. The van der Waals surface area contributed by atoms with E-state index in [1.54, 1.807) is 6.20 Å². The Balaban J connectivity index is 1.66. The second kappa shape index (κ2) is 14.6. The van der Waals surface area contributed by atoms with Crippen molar-refractivity contribution in [3.63, 3.8) is 0 Å². The molecule has 1 saturated heterocycles. The molecule has 12 nitrogen and oxygen atoms in total. The van der Waals surface area contributed by atoms with Crippen LogP contribution in [0.4, 0.5) is 0 Å². The number of aldehydes is 1. The van der Waals surface area contributed by atoms with Gasteiger partial charge in [0, 0.05) is 32.4 Å². The SMILES string of the molecule is C#CCCC(NC(=O)C1CCCN1C(=O)CNC(=O)C(NC(=O)C1=NC=CN(C)C1)C1(C)CCCCC1)C(=O)C=O. The highest BCUT2D eigenvalue weighted by Gasteiger charge is 2.42. The first-order valence-corrected chi connectivity index (χ1v) is 14.1. The predicted molar refractivity (Wildman–Crippen MR) is 151 cm³/mol. The molecule has 1 saturated carbocycles. The van der Waals surface area contributed by atoms with Gasteiger partial charge in [-0.05, 0) is 37.5 Å². The molecule has 0 bridgehead atoms. The number of hydrogen-bond acceptors (Lipinski definition) is 8. The summed E-state index contributed by atoms with van der Waals surface area (Å²) in [5.41, 5.74) is -0.199. The predicted octanol–water partition coefficient (Wildman–Crippen LogP) is 0.0726. The highest BCUT2D eigenvalue weighted by molar-refractivity contribution is 6.40. The molecule has 3 rings (SSSR count). The van der Waals surface area contributed by atoms with E-state index >= 15 is 0 Å². The van der Waals surface area contributed by atoms with Crippen LogP contribution < -0.4 is 16.0 Å². The molecule has 0 spiro atoms. The zero-order valence-corrected chi connectivity index (χ0v) is 23.8. The van der Waals surface area contributed by atoms with Crippen molar-refractivity contribution in [3.05, 3.63) is 12.4 Å². The van der Waals surface area contributed by atoms with Gasteiger partial charge in [0.2, 0.25) is 23.5 Å². The van der Waals surface area contributed by atoms with E-state index in [0.717, 1.165) is 32.1 Å². The number of likely N-dealkylation sites (tertiary alicyclic amines) is 1. The van der Waals surface area contributed by atoms with Crippen LogP contribution >= 0.6 is 0 Å². The molecule has 2 heterocycles. The average Bonchev–Trinajstić information content (AvgIpc) is 3.46. The number of terminal acetylenes is 1. The highest BCUT2D eigenvalue weighted by Crippen LogP contribution is 2.39. The Morgan fingerprint density at radius 3 is 2.56 bits per heavy atom. The van der Waals surface area contributed by atoms with Crippen LogP contribution in [0.3, 0.4) is 0 Å². The van der Waals surface area contributed by atoms with Crippen LogP contribution in [0.2, 0.25) is 0 Å². The number of ketones is 1. The van der Waals surface area contributed by atoms with Crippen molar-refractivity contribution in [2.45, 2.75) is 82.8 Å². The quantitative estimate of drug-likeness (QED) is 0.171. The lowest BCUT2D eigenvalue weighted by molar-refractivity contribution is -0.140. The fourth-order valence-corrected chi connectivity index (χ4v) is 5.68. The molecule has 2 aliphatic heterocycles. The Hall–Kier alpha value is -4.01. The van der Waals surface area contributed by atoms with Gasteiger partial charge in [-0.25, -0.2) is 0 Å². The molecule has 4 amide bonds. The van der Waals surface area contributed by atoms with Crippen LogP contribution in [0.25, 0.3) is 0 Å². The highest BCUT2D eigenvalue weighted by atomic mass is 16.2. The normalized spacial score (nSPS) is 21.1. The summed E-state index contributed by atoms with van der Waals surface area (Å²) in [4.78, 5) is 83.0. The molecule has 12 heteroatoms. The number of nitrogens with zero attached hydrogens (tertiary/aromatic N) is 3. The number of amides is 4. The Labute approximate surface area is 240 Å². The monoisotopic (exact) mass is 568 g/mol. The third-order valence-corrected chi connectivity index (χ3v) is 8.09. The number of carbonyl (C=O) groups excluding carboxylic acids is 6. The third-order valence-electron chi connectivity index (χ3n) is 8.09. The maximum atomic E-state index is 13.5. The zero-order chi connectivity index (χ0) is 30.0. The number of aliphatic imine (C=N–C) groups is 1. The first kappa shape index (κ1) is 31.5. The van der Waals surface area contributed by atoms with Crippen molar-refractivity contribution < 1.29 is 28.8 Å². The van der Waals surface area contributed by atoms with E-state index in [0.29, 0.717) is 31.6 Å². The van der Waals surface area contributed by atoms with E-state index in [4.69, 9.17) is 6.42 Å². The molecule has 0 aromatic carbocycles. The molecule has 3 aliphatic rings. The van der Waals surface area contributed by atoms with Crippen molar-refractivity contribution in [1.82, 2.24) is 25.8 Å². The number of hydrogen-bond donors (Lipinski definition) is 3. The second-order valence-electron chi connectivity index (χ2n) is 11.2. The summed E-state index contributed by atoms with van der Waals surface area (Å²) in [7, 11) is 1.82. The molecule has 1 aliphatic carbocycles. The lowest BCUT2D eigenvalue weighted by atomic mass is 9.70. The van der Waals surface area contributed by atoms with Gasteiger partial charge in [-0.1, -0.05) is 26.2 Å². The summed E-state index contributed by atoms with van der Waals surface area (Å²) in [5, 5.41) is 8.13. The molecule has 222 valence electrons. The van der Waals surface area contributed by atoms with E-state index in [9.17, 15) is 28.8 Å². The molecule has 3 atom stereocenters. The van der Waals surface area contributed by atoms with Crippen LogP contribution in [0, 0.1) is 17.8 Å². The van der Waals surface area contributed by atoms with Crippen molar-refractivity contribution in [3.8, 4) is 12.3 Å². The topological polar surface area (TPSA) is 157 Å². The minimum absolute atomic E-state index is 0.113. The Morgan fingerprint density at radius 1 is 1.17 bits per heavy atom. The van der Waals surface area contributed by atoms with Crippen LogP contribution in [0.15, 0.2) is 17.4 Å². The molecule has 2 fully saturated rings. The fourth-order valence-electron chi connectivity index (χ4n) is 5.68. The maximum absolute atomic E-state index is 13.5. The molecular formula is C29H40N6O6. The van der Waals surface area contributed by atoms with Crippen molar-refractivity contribution in [2.75, 3.05) is 26.7 Å². The first-order valence-electron chi connectivity index (χ1n) is 14.1. The van der Waals surface area contributed by atoms with E-state index in [-0.39, 0.29) is 25.7 Å². The van der Waals surface area contributed by atoms with Gasteiger partial charge in [0.25, 0.3) is 5.91 Å². The zero-order valence-electron chi connectivity index (χ0n) is 23.8. The van der Waals surface area contributed by atoms with Crippen molar-refractivity contribution >= 4 is 41.4 Å². The third kappa shape index (κ3) is 8.25. The number of rotatable bonds is 12. The number of nitrogens with one attached hydrogen (secondary N) is 3. The maximum Gasteiger partial charge on any atom is 0.268 e. The van der Waals surface area contributed by atoms with Gasteiger partial charge in [0.15, 0.2) is 6.29 Å². The summed E-state index contributed by atoms with van der Waals surface area (Å²) in [6.07, 6.45) is 14.4. The first-order chi connectivity index (χ1) is 19.6. The lowest BCUT2D eigenvalue weighted by Crippen LogP contribution is -2.59. The van der Waals surface area contributed by atoms with Gasteiger partial charge < -0.3 is 25.8 Å². The largest absolute Gasteiger partial charge is 0.373 e. The Morgan fingerprint density at radius 2 is 1.90 bits per heavy atom. The number of carbonyl (C=O) groups is 6. The van der Waals surface area contributed by atoms with Crippen LogP contribution in [0.1, 0.15) is 64.7 Å². The van der Waals surface area contributed by atoms with Gasteiger partial charge in [-0.15, -0.1) is 12.3 Å². The van der Waals surface area contributed by atoms with Crippen LogP contribution in [0.5, 0.6) is 0 Å². The van der Waals surface area contributed by atoms with E-state index in [1.807, 2.05) is 18.9 Å². The fraction of sp³-hybridized carbons (Fsp3) is 0.621. The Kier molecular flexibility index (Phi) is 11.2. The van der Waals surface area contributed by atoms with E-state index < -0.39 is 53.0 Å². The van der Waals surface area contributed by atoms with Gasteiger partial charge in [-0.3, -0.25) is 33.8 Å². The van der Waals surface area contributed by atoms with Crippen LogP contribution in [-0.4, -0.2) is 96.0 Å². The molecule has 0 aromatic heterocycles. The minimum Gasteiger partial charge on any atom is -0.373 e. The lowest BCUT2D eigenvalue weighted by Gasteiger charge is -2.40. The van der Waals surface area contributed by atoms with E-state index in [1.165, 1.54) is 11.1 Å². The van der Waals surface area contributed by atoms with Crippen molar-refractivity contribution in [2.24, 2.45) is 10.4 Å². The molecule has 41 heavy (non-hydrogen) atoms. The van der Waals surface area contributed by atoms with Gasteiger partial charge >= 0.3 is 0 Å². The van der Waals surface area contributed by atoms with Gasteiger partial charge in [0.05, 0.1) is 19.1 Å². The summed E-state index contributed by atoms with van der Waals surface area (Å²) in [5.74, 6) is -0.317. The van der Waals surface area contributed by atoms with E-state index in [2.05, 4.69) is 26.9 Å². The van der Waals surface area contributed by atoms with Crippen molar-refractivity contribution in [1.29, 1.82) is 0 Å². The molecule has 0 radical (unpaired) electrons.